The fourth-order valence-corrected chi connectivity index (χ4v) is 3.86. The predicted molar refractivity (Wildman–Crippen MR) is 108 cm³/mol. The fourth-order valence-electron chi connectivity index (χ4n) is 3.86. The first-order valence-corrected chi connectivity index (χ1v) is 9.58. The number of hydrogen-bond donors (Lipinski definition) is 3. The lowest BCUT2D eigenvalue weighted by molar-refractivity contribution is -0.137. The molecule has 1 saturated heterocycles. The summed E-state index contributed by atoms with van der Waals surface area (Å²) in [5.41, 5.74) is 0.206. The highest BCUT2D eigenvalue weighted by Gasteiger charge is 2.35. The molecule has 3 aromatic rings. The Balaban J connectivity index is 1.66. The maximum absolute atomic E-state index is 12.9. The molecule has 10 heteroatoms. The number of nitrogens with zero attached hydrogens (tertiary/aromatic N) is 3. The number of aliphatic hydroxyl groups is 1. The van der Waals surface area contributed by atoms with Crippen LogP contribution in [0.3, 0.4) is 0 Å². The summed E-state index contributed by atoms with van der Waals surface area (Å²) in [6.07, 6.45) is -5.10. The highest BCUT2D eigenvalue weighted by molar-refractivity contribution is 6.00. The van der Waals surface area contributed by atoms with Crippen molar-refractivity contribution in [3.8, 4) is 11.3 Å². The van der Waals surface area contributed by atoms with Gasteiger partial charge in [0.25, 0.3) is 0 Å². The molecule has 1 aliphatic heterocycles. The molecule has 0 spiro atoms. The number of carboxylic acid groups (broad SMARTS) is 1. The molecule has 3 N–H and O–H groups in total. The van der Waals surface area contributed by atoms with Crippen LogP contribution in [-0.4, -0.2) is 56.6 Å². The van der Waals surface area contributed by atoms with Crippen molar-refractivity contribution in [3.63, 3.8) is 0 Å². The Morgan fingerprint density at radius 2 is 1.77 bits per heavy atom. The summed E-state index contributed by atoms with van der Waals surface area (Å²) < 4.78 is 38.6. The number of anilines is 1. The molecular formula is C21H19F3N4O3. The number of amides is 1. The third-order valence-corrected chi connectivity index (χ3v) is 5.38. The van der Waals surface area contributed by atoms with Gasteiger partial charge in [0.1, 0.15) is 5.69 Å². The lowest BCUT2D eigenvalue weighted by atomic mass is 10.0. The van der Waals surface area contributed by atoms with Crippen molar-refractivity contribution in [3.05, 3.63) is 54.1 Å². The second-order valence-corrected chi connectivity index (χ2v) is 7.37. The Labute approximate surface area is 175 Å². The van der Waals surface area contributed by atoms with Gasteiger partial charge in [-0.05, 0) is 18.6 Å². The first-order valence-electron chi connectivity index (χ1n) is 9.58. The zero-order valence-corrected chi connectivity index (χ0v) is 16.2. The number of rotatable bonds is 4. The lowest BCUT2D eigenvalue weighted by Gasteiger charge is -2.18. The van der Waals surface area contributed by atoms with Crippen LogP contribution in [0.1, 0.15) is 12.0 Å². The summed E-state index contributed by atoms with van der Waals surface area (Å²) in [4.78, 5) is 12.5. The van der Waals surface area contributed by atoms with Crippen LogP contribution < -0.4 is 5.32 Å². The van der Waals surface area contributed by atoms with Crippen LogP contribution in [0.25, 0.3) is 22.0 Å². The van der Waals surface area contributed by atoms with E-state index in [9.17, 15) is 28.2 Å². The molecule has 1 amide bonds. The number of aliphatic hydroxyl groups excluding tert-OH is 1. The second-order valence-electron chi connectivity index (χ2n) is 7.37. The Hall–Kier alpha value is -3.40. The molecule has 7 nitrogen and oxygen atoms in total. The van der Waals surface area contributed by atoms with Gasteiger partial charge in [-0.3, -0.25) is 0 Å². The number of likely N-dealkylation sites (tertiary alicyclic amines) is 1. The third-order valence-electron chi connectivity index (χ3n) is 5.38. The van der Waals surface area contributed by atoms with Gasteiger partial charge in [0.2, 0.25) is 0 Å². The van der Waals surface area contributed by atoms with Crippen molar-refractivity contribution in [1.29, 1.82) is 0 Å². The molecular weight excluding hydrogens is 413 g/mol. The standard InChI is InChI=1S/C21H19F3N4O3/c22-21(23,24)13-7-5-12(6-8-13)18-16-3-1-2-4-17(16)19(27-26-18)25-14-9-15(11-29)28(10-14)20(30)31/h1-8,14-15,29H,9-11H2,(H,25,27)(H,30,31)/t14-,15-/m0/s1. The van der Waals surface area contributed by atoms with E-state index in [0.29, 0.717) is 34.3 Å². The minimum atomic E-state index is -4.42. The maximum atomic E-state index is 12.9. The van der Waals surface area contributed by atoms with Crippen LogP contribution in [0.2, 0.25) is 0 Å². The summed E-state index contributed by atoms with van der Waals surface area (Å²) >= 11 is 0. The van der Waals surface area contributed by atoms with E-state index in [-0.39, 0.29) is 19.2 Å². The van der Waals surface area contributed by atoms with E-state index >= 15 is 0 Å². The largest absolute Gasteiger partial charge is 0.465 e. The molecule has 0 unspecified atom stereocenters. The molecule has 1 aromatic heterocycles. The average molecular weight is 432 g/mol. The minimum absolute atomic E-state index is 0.192. The van der Waals surface area contributed by atoms with E-state index in [0.717, 1.165) is 12.1 Å². The smallest absolute Gasteiger partial charge is 0.416 e. The molecule has 4 rings (SSSR count). The van der Waals surface area contributed by atoms with Crippen molar-refractivity contribution < 1.29 is 28.2 Å². The van der Waals surface area contributed by atoms with E-state index in [2.05, 4.69) is 15.5 Å². The molecule has 162 valence electrons. The first-order chi connectivity index (χ1) is 14.8. The number of nitrogens with one attached hydrogen (secondary N) is 1. The van der Waals surface area contributed by atoms with Crippen LogP contribution in [0.15, 0.2) is 48.5 Å². The van der Waals surface area contributed by atoms with E-state index in [4.69, 9.17) is 0 Å². The Morgan fingerprint density at radius 3 is 2.35 bits per heavy atom. The van der Waals surface area contributed by atoms with E-state index in [1.54, 1.807) is 18.2 Å². The van der Waals surface area contributed by atoms with Crippen LogP contribution in [-0.2, 0) is 6.18 Å². The van der Waals surface area contributed by atoms with Crippen molar-refractivity contribution in [2.75, 3.05) is 18.5 Å². The zero-order chi connectivity index (χ0) is 22.2. The van der Waals surface area contributed by atoms with Gasteiger partial charge in [-0.2, -0.15) is 13.2 Å². The monoisotopic (exact) mass is 432 g/mol. The van der Waals surface area contributed by atoms with Gasteiger partial charge in [0.15, 0.2) is 5.82 Å². The summed E-state index contributed by atoms with van der Waals surface area (Å²) in [7, 11) is 0. The first kappa shape index (κ1) is 20.9. The SMILES string of the molecule is O=C(O)N1C[C@@H](Nc2nnc(-c3ccc(C(F)(F)F)cc3)c3ccccc23)C[C@H]1CO. The Kier molecular flexibility index (Phi) is 5.40. The van der Waals surface area contributed by atoms with Crippen LogP contribution >= 0.6 is 0 Å². The van der Waals surface area contributed by atoms with E-state index in [1.807, 2.05) is 6.07 Å². The number of hydrogen-bond acceptors (Lipinski definition) is 5. The summed E-state index contributed by atoms with van der Waals surface area (Å²) in [6.45, 7) is -0.0824. The highest BCUT2D eigenvalue weighted by Crippen LogP contribution is 2.34. The van der Waals surface area contributed by atoms with E-state index in [1.165, 1.54) is 17.0 Å². The maximum Gasteiger partial charge on any atom is 0.416 e. The quantitative estimate of drug-likeness (QED) is 0.580. The normalized spacial score (nSPS) is 19.0. The topological polar surface area (TPSA) is 98.6 Å². The lowest BCUT2D eigenvalue weighted by Crippen LogP contribution is -2.37. The van der Waals surface area contributed by atoms with E-state index < -0.39 is 23.9 Å². The predicted octanol–water partition coefficient (Wildman–Crippen LogP) is 3.84. The minimum Gasteiger partial charge on any atom is -0.465 e. The molecule has 0 aliphatic carbocycles. The summed E-state index contributed by atoms with van der Waals surface area (Å²) in [5.74, 6) is 0.445. The van der Waals surface area contributed by atoms with Crippen LogP contribution in [0.4, 0.5) is 23.8 Å². The van der Waals surface area contributed by atoms with Crippen molar-refractivity contribution >= 4 is 22.7 Å². The molecule has 2 atom stereocenters. The summed E-state index contributed by atoms with van der Waals surface area (Å²) in [5, 5.41) is 31.8. The molecule has 0 radical (unpaired) electrons. The van der Waals surface area contributed by atoms with Gasteiger partial charge in [-0.15, -0.1) is 10.2 Å². The number of benzene rings is 2. The molecule has 0 saturated carbocycles. The van der Waals surface area contributed by atoms with Gasteiger partial charge in [-0.1, -0.05) is 36.4 Å². The molecule has 1 fully saturated rings. The third kappa shape index (κ3) is 4.11. The zero-order valence-electron chi connectivity index (χ0n) is 16.2. The molecule has 0 bridgehead atoms. The number of halogens is 3. The Bertz CT molecular complexity index is 1110. The fraction of sp³-hybridized carbons (Fsp3) is 0.286. The highest BCUT2D eigenvalue weighted by atomic mass is 19.4. The van der Waals surface area contributed by atoms with Crippen molar-refractivity contribution in [2.45, 2.75) is 24.7 Å². The van der Waals surface area contributed by atoms with Gasteiger partial charge in [-0.25, -0.2) is 4.79 Å². The molecule has 1 aliphatic rings. The number of carbonyl (C=O) groups is 1. The number of fused-ring (bicyclic) bond motifs is 1. The number of alkyl halides is 3. The van der Waals surface area contributed by atoms with Crippen LogP contribution in [0, 0.1) is 0 Å². The number of aromatic nitrogens is 2. The van der Waals surface area contributed by atoms with Crippen LogP contribution in [0.5, 0.6) is 0 Å². The van der Waals surface area contributed by atoms with Crippen molar-refractivity contribution in [1.82, 2.24) is 15.1 Å². The van der Waals surface area contributed by atoms with Gasteiger partial charge >= 0.3 is 12.3 Å². The molecule has 31 heavy (non-hydrogen) atoms. The molecule has 2 heterocycles. The van der Waals surface area contributed by atoms with Gasteiger partial charge in [0.05, 0.1) is 18.2 Å². The van der Waals surface area contributed by atoms with Gasteiger partial charge < -0.3 is 20.4 Å². The van der Waals surface area contributed by atoms with Crippen molar-refractivity contribution in [2.24, 2.45) is 0 Å². The second kappa shape index (κ2) is 8.03. The summed E-state index contributed by atoms with van der Waals surface area (Å²) in [6, 6.07) is 11.2. The van der Waals surface area contributed by atoms with Gasteiger partial charge in [0, 0.05) is 28.9 Å². The average Bonchev–Trinajstić information content (AvgIpc) is 3.17. The Morgan fingerprint density at radius 1 is 1.10 bits per heavy atom. The molecule has 2 aromatic carbocycles.